The molecule has 1 amide bonds. The van der Waals surface area contributed by atoms with Crippen molar-refractivity contribution in [3.8, 4) is 5.75 Å². The Morgan fingerprint density at radius 1 is 1.00 bits per heavy atom. The number of carbonyl (C=O) groups is 1. The number of halogens is 1. The lowest BCUT2D eigenvalue weighted by Gasteiger charge is -2.38. The van der Waals surface area contributed by atoms with Gasteiger partial charge in [-0.15, -0.1) is 12.4 Å². The van der Waals surface area contributed by atoms with Gasteiger partial charge in [0.1, 0.15) is 12.4 Å². The van der Waals surface area contributed by atoms with E-state index in [0.717, 1.165) is 55.9 Å². The van der Waals surface area contributed by atoms with Gasteiger partial charge in [0.25, 0.3) is 5.91 Å². The molecule has 4 rings (SSSR count). The molecule has 0 bridgehead atoms. The summed E-state index contributed by atoms with van der Waals surface area (Å²) >= 11 is 0. The van der Waals surface area contributed by atoms with Gasteiger partial charge in [-0.25, -0.2) is 0 Å². The van der Waals surface area contributed by atoms with Gasteiger partial charge in [0.2, 0.25) is 0 Å². The summed E-state index contributed by atoms with van der Waals surface area (Å²) in [5.41, 5.74) is 2.28. The largest absolute Gasteiger partial charge is 0.489 e. The van der Waals surface area contributed by atoms with Crippen LogP contribution in [0.3, 0.4) is 0 Å². The number of para-hydroxylation sites is 1. The molecule has 0 radical (unpaired) electrons. The van der Waals surface area contributed by atoms with Crippen LogP contribution in [0.1, 0.15) is 35.2 Å². The predicted molar refractivity (Wildman–Crippen MR) is 110 cm³/mol. The summed E-state index contributed by atoms with van der Waals surface area (Å²) in [6.07, 6.45) is 3.49. The van der Waals surface area contributed by atoms with Crippen molar-refractivity contribution in [3.05, 3.63) is 65.7 Å². The monoisotopic (exact) mass is 386 g/mol. The second-order valence-electron chi connectivity index (χ2n) is 7.52. The number of likely N-dealkylation sites (tertiary alicyclic amines) is 1. The number of rotatable bonds is 4. The molecule has 0 aliphatic carbocycles. The lowest BCUT2D eigenvalue weighted by molar-refractivity contribution is 0.0607. The van der Waals surface area contributed by atoms with Gasteiger partial charge in [0.15, 0.2) is 0 Å². The first-order chi connectivity index (χ1) is 12.7. The highest BCUT2D eigenvalue weighted by atomic mass is 35.5. The standard InChI is InChI=1S/C22H26N2O2.ClH/c25-21(24-14-11-22(12-15-24)10-13-23-17-22)19-8-6-18(7-9-19)16-26-20-4-2-1-3-5-20;/h1-9,23H,10-17H2;1H. The summed E-state index contributed by atoms with van der Waals surface area (Å²) in [4.78, 5) is 14.8. The molecule has 4 nitrogen and oxygen atoms in total. The fourth-order valence-corrected chi connectivity index (χ4v) is 4.02. The zero-order valence-electron chi connectivity index (χ0n) is 15.5. The molecular weight excluding hydrogens is 360 g/mol. The third-order valence-electron chi connectivity index (χ3n) is 5.79. The highest BCUT2D eigenvalue weighted by Crippen LogP contribution is 2.37. The topological polar surface area (TPSA) is 41.6 Å². The van der Waals surface area contributed by atoms with Crippen molar-refractivity contribution in [1.29, 1.82) is 0 Å². The minimum atomic E-state index is 0. The van der Waals surface area contributed by atoms with Crippen molar-refractivity contribution < 1.29 is 9.53 Å². The zero-order valence-corrected chi connectivity index (χ0v) is 16.3. The van der Waals surface area contributed by atoms with Gasteiger partial charge in [-0.05, 0) is 61.1 Å². The molecule has 2 aromatic rings. The Hall–Kier alpha value is -2.04. The van der Waals surface area contributed by atoms with E-state index in [1.807, 2.05) is 59.5 Å². The third kappa shape index (κ3) is 4.63. The van der Waals surface area contributed by atoms with Gasteiger partial charge >= 0.3 is 0 Å². The van der Waals surface area contributed by atoms with E-state index in [9.17, 15) is 4.79 Å². The number of amides is 1. The molecule has 2 heterocycles. The van der Waals surface area contributed by atoms with Crippen LogP contribution in [0.5, 0.6) is 5.75 Å². The maximum Gasteiger partial charge on any atom is 0.253 e. The average molecular weight is 387 g/mol. The zero-order chi connectivity index (χ0) is 17.8. The number of piperidine rings is 1. The fourth-order valence-electron chi connectivity index (χ4n) is 4.02. The number of hydrogen-bond acceptors (Lipinski definition) is 3. The minimum Gasteiger partial charge on any atom is -0.489 e. The molecule has 2 aliphatic heterocycles. The van der Waals surface area contributed by atoms with Crippen molar-refractivity contribution in [2.45, 2.75) is 25.9 Å². The van der Waals surface area contributed by atoms with Gasteiger partial charge in [-0.3, -0.25) is 4.79 Å². The molecular formula is C22H27ClN2O2. The molecule has 144 valence electrons. The quantitative estimate of drug-likeness (QED) is 0.866. The molecule has 2 saturated heterocycles. The number of ether oxygens (including phenoxy) is 1. The Labute approximate surface area is 167 Å². The normalized spacial score (nSPS) is 18.1. The average Bonchev–Trinajstić information content (AvgIpc) is 3.16. The summed E-state index contributed by atoms with van der Waals surface area (Å²) < 4.78 is 5.76. The van der Waals surface area contributed by atoms with Gasteiger partial charge in [-0.1, -0.05) is 30.3 Å². The first kappa shape index (κ1) is 19.7. The first-order valence-electron chi connectivity index (χ1n) is 9.51. The smallest absolute Gasteiger partial charge is 0.253 e. The summed E-state index contributed by atoms with van der Waals surface area (Å²) in [6, 6.07) is 17.6. The molecule has 27 heavy (non-hydrogen) atoms. The van der Waals surface area contributed by atoms with Gasteiger partial charge in [0.05, 0.1) is 0 Å². The maximum atomic E-state index is 12.8. The number of benzene rings is 2. The lowest BCUT2D eigenvalue weighted by atomic mass is 9.78. The van der Waals surface area contributed by atoms with E-state index in [2.05, 4.69) is 5.32 Å². The number of carbonyl (C=O) groups excluding carboxylic acids is 1. The minimum absolute atomic E-state index is 0. The van der Waals surface area contributed by atoms with E-state index in [1.165, 1.54) is 6.42 Å². The van der Waals surface area contributed by atoms with Crippen molar-refractivity contribution in [3.63, 3.8) is 0 Å². The molecule has 0 aromatic heterocycles. The van der Waals surface area contributed by atoms with Crippen molar-refractivity contribution in [1.82, 2.24) is 10.2 Å². The van der Waals surface area contributed by atoms with Crippen LogP contribution in [0.25, 0.3) is 0 Å². The number of hydrogen-bond donors (Lipinski definition) is 1. The van der Waals surface area contributed by atoms with Crippen LogP contribution in [-0.4, -0.2) is 37.0 Å². The molecule has 0 atom stereocenters. The van der Waals surface area contributed by atoms with Crippen molar-refractivity contribution in [2.24, 2.45) is 5.41 Å². The second kappa shape index (κ2) is 8.77. The van der Waals surface area contributed by atoms with E-state index >= 15 is 0 Å². The molecule has 2 aliphatic rings. The summed E-state index contributed by atoms with van der Waals surface area (Å²) in [7, 11) is 0. The number of nitrogens with one attached hydrogen (secondary N) is 1. The van der Waals surface area contributed by atoms with Crippen molar-refractivity contribution >= 4 is 18.3 Å². The van der Waals surface area contributed by atoms with E-state index in [0.29, 0.717) is 12.0 Å². The van der Waals surface area contributed by atoms with Crippen LogP contribution in [-0.2, 0) is 6.61 Å². The van der Waals surface area contributed by atoms with E-state index < -0.39 is 0 Å². The highest BCUT2D eigenvalue weighted by molar-refractivity contribution is 5.94. The Morgan fingerprint density at radius 3 is 2.33 bits per heavy atom. The van der Waals surface area contributed by atoms with E-state index in [4.69, 9.17) is 4.74 Å². The van der Waals surface area contributed by atoms with Crippen LogP contribution in [0, 0.1) is 5.41 Å². The Bertz CT molecular complexity index is 733. The van der Waals surface area contributed by atoms with Gasteiger partial charge < -0.3 is 15.0 Å². The molecule has 5 heteroatoms. The third-order valence-corrected chi connectivity index (χ3v) is 5.79. The van der Waals surface area contributed by atoms with Crippen LogP contribution in [0.15, 0.2) is 54.6 Å². The fraction of sp³-hybridized carbons (Fsp3) is 0.409. The lowest BCUT2D eigenvalue weighted by Crippen LogP contribution is -2.44. The van der Waals surface area contributed by atoms with E-state index in [1.54, 1.807) is 0 Å². The van der Waals surface area contributed by atoms with Crippen LogP contribution in [0.2, 0.25) is 0 Å². The molecule has 1 spiro atoms. The molecule has 0 unspecified atom stereocenters. The maximum absolute atomic E-state index is 12.8. The highest BCUT2D eigenvalue weighted by Gasteiger charge is 2.38. The Morgan fingerprint density at radius 2 is 1.70 bits per heavy atom. The summed E-state index contributed by atoms with van der Waals surface area (Å²) in [6.45, 7) is 4.50. The molecule has 0 saturated carbocycles. The Balaban J connectivity index is 0.00000210. The molecule has 2 aromatic carbocycles. The summed E-state index contributed by atoms with van der Waals surface area (Å²) in [5.74, 6) is 1.01. The molecule has 2 fully saturated rings. The number of nitrogens with zero attached hydrogens (tertiary/aromatic N) is 1. The van der Waals surface area contributed by atoms with Crippen molar-refractivity contribution in [2.75, 3.05) is 26.2 Å². The second-order valence-corrected chi connectivity index (χ2v) is 7.52. The SMILES string of the molecule is Cl.O=C(c1ccc(COc2ccccc2)cc1)N1CCC2(CCNC2)CC1. The van der Waals surface area contributed by atoms with E-state index in [-0.39, 0.29) is 18.3 Å². The summed E-state index contributed by atoms with van der Waals surface area (Å²) in [5, 5.41) is 3.47. The molecule has 1 N–H and O–H groups in total. The van der Waals surface area contributed by atoms with Crippen LogP contribution < -0.4 is 10.1 Å². The van der Waals surface area contributed by atoms with Crippen LogP contribution >= 0.6 is 12.4 Å². The Kier molecular flexibility index (Phi) is 6.40. The first-order valence-corrected chi connectivity index (χ1v) is 9.51. The predicted octanol–water partition coefficient (Wildman–Crippen LogP) is 3.90. The van der Waals surface area contributed by atoms with Gasteiger partial charge in [-0.2, -0.15) is 0 Å². The van der Waals surface area contributed by atoms with Crippen LogP contribution in [0.4, 0.5) is 0 Å². The van der Waals surface area contributed by atoms with Gasteiger partial charge in [0, 0.05) is 25.2 Å².